The fraction of sp³-hybridized carbons (Fsp3) is 0.385. The number of halogens is 1. The van der Waals surface area contributed by atoms with Gasteiger partial charge in [-0.25, -0.2) is 0 Å². The maximum absolute atomic E-state index is 11.5. The molecule has 0 unspecified atom stereocenters. The predicted octanol–water partition coefficient (Wildman–Crippen LogP) is 2.54. The van der Waals surface area contributed by atoms with Gasteiger partial charge in [0.05, 0.1) is 29.0 Å². The first kappa shape index (κ1) is 16.9. The van der Waals surface area contributed by atoms with Gasteiger partial charge in [0.15, 0.2) is 5.78 Å². The number of carbonyl (C=O) groups is 2. The van der Waals surface area contributed by atoms with Crippen LogP contribution in [0, 0.1) is 10.1 Å². The number of carbonyl (C=O) groups excluding carboxylic acids is 2. The summed E-state index contributed by atoms with van der Waals surface area (Å²) in [5.74, 6) is -0.736. The molecule has 0 aliphatic carbocycles. The first-order valence-electron chi connectivity index (χ1n) is 6.18. The van der Waals surface area contributed by atoms with E-state index in [2.05, 4.69) is 4.74 Å². The third-order valence-electron chi connectivity index (χ3n) is 2.43. The zero-order valence-corrected chi connectivity index (χ0v) is 12.1. The van der Waals surface area contributed by atoms with Crippen LogP contribution in [0.1, 0.15) is 19.8 Å². The summed E-state index contributed by atoms with van der Waals surface area (Å²) in [5.41, 5.74) is -0.187. The first-order chi connectivity index (χ1) is 9.93. The van der Waals surface area contributed by atoms with Crippen molar-refractivity contribution < 1.29 is 24.0 Å². The lowest BCUT2D eigenvalue weighted by molar-refractivity contribution is -0.384. The molecule has 21 heavy (non-hydrogen) atoms. The summed E-state index contributed by atoms with van der Waals surface area (Å²) >= 11 is 5.82. The molecular weight excluding hydrogens is 302 g/mol. The van der Waals surface area contributed by atoms with E-state index in [1.54, 1.807) is 6.92 Å². The molecule has 0 spiro atoms. The average molecular weight is 316 g/mol. The van der Waals surface area contributed by atoms with E-state index in [0.29, 0.717) is 0 Å². The Morgan fingerprint density at radius 1 is 1.33 bits per heavy atom. The van der Waals surface area contributed by atoms with E-state index in [-0.39, 0.29) is 48.3 Å². The Labute approximate surface area is 125 Å². The number of non-ortho nitro benzene ring substituents is 1. The zero-order valence-electron chi connectivity index (χ0n) is 11.3. The lowest BCUT2D eigenvalue weighted by Gasteiger charge is -2.07. The fourth-order valence-corrected chi connectivity index (χ4v) is 1.59. The van der Waals surface area contributed by atoms with Crippen LogP contribution in [0.3, 0.4) is 0 Å². The van der Waals surface area contributed by atoms with Crippen LogP contribution in [0.15, 0.2) is 18.2 Å². The maximum Gasteiger partial charge on any atom is 0.306 e. The summed E-state index contributed by atoms with van der Waals surface area (Å²) in [6, 6.07) is 3.69. The molecule has 0 heterocycles. The van der Waals surface area contributed by atoms with Gasteiger partial charge in [-0.15, -0.1) is 0 Å². The molecule has 0 N–H and O–H groups in total. The monoisotopic (exact) mass is 315 g/mol. The molecule has 114 valence electrons. The van der Waals surface area contributed by atoms with Gasteiger partial charge in [0.2, 0.25) is 0 Å². The Morgan fingerprint density at radius 3 is 2.67 bits per heavy atom. The number of nitro groups is 1. The number of nitrogens with zero attached hydrogens (tertiary/aromatic N) is 1. The highest BCUT2D eigenvalue weighted by atomic mass is 35.5. The van der Waals surface area contributed by atoms with E-state index in [1.807, 2.05) is 0 Å². The second kappa shape index (κ2) is 8.21. The summed E-state index contributed by atoms with van der Waals surface area (Å²) in [4.78, 5) is 32.7. The zero-order chi connectivity index (χ0) is 15.8. The number of hydrogen-bond acceptors (Lipinski definition) is 6. The van der Waals surface area contributed by atoms with Crippen molar-refractivity contribution in [1.82, 2.24) is 0 Å². The van der Waals surface area contributed by atoms with E-state index in [0.717, 1.165) is 6.07 Å². The Bertz CT molecular complexity index is 545. The molecule has 0 atom stereocenters. The summed E-state index contributed by atoms with van der Waals surface area (Å²) in [7, 11) is 0. The van der Waals surface area contributed by atoms with Crippen LogP contribution in [0.4, 0.5) is 5.69 Å². The number of hydrogen-bond donors (Lipinski definition) is 0. The first-order valence-corrected chi connectivity index (χ1v) is 6.56. The number of esters is 1. The van der Waals surface area contributed by atoms with Gasteiger partial charge in [0.1, 0.15) is 12.4 Å². The van der Waals surface area contributed by atoms with Crippen LogP contribution in [0.2, 0.25) is 5.02 Å². The van der Waals surface area contributed by atoms with Crippen LogP contribution < -0.4 is 4.74 Å². The number of nitro benzene ring substituents is 1. The molecule has 0 aromatic heterocycles. The molecule has 0 radical (unpaired) electrons. The summed E-state index contributed by atoms with van der Waals surface area (Å²) < 4.78 is 9.83. The van der Waals surface area contributed by atoms with Crippen LogP contribution in [0.25, 0.3) is 0 Å². The van der Waals surface area contributed by atoms with Gasteiger partial charge in [0, 0.05) is 12.5 Å². The molecule has 1 aromatic rings. The van der Waals surface area contributed by atoms with Crippen molar-refractivity contribution in [1.29, 1.82) is 0 Å². The van der Waals surface area contributed by atoms with E-state index >= 15 is 0 Å². The van der Waals surface area contributed by atoms with Gasteiger partial charge in [-0.05, 0) is 13.0 Å². The van der Waals surface area contributed by atoms with Crippen molar-refractivity contribution in [2.75, 3.05) is 13.2 Å². The maximum atomic E-state index is 11.5. The quantitative estimate of drug-likeness (QED) is 0.415. The van der Waals surface area contributed by atoms with Gasteiger partial charge in [-0.1, -0.05) is 11.6 Å². The number of rotatable bonds is 8. The summed E-state index contributed by atoms with van der Waals surface area (Å²) in [6.45, 7) is 1.61. The summed E-state index contributed by atoms with van der Waals surface area (Å²) in [5, 5.41) is 10.8. The molecule has 0 amide bonds. The Hall–Kier alpha value is -2.15. The second-order valence-electron chi connectivity index (χ2n) is 4.00. The number of ether oxygens (including phenoxy) is 2. The molecule has 1 rings (SSSR count). The molecule has 1 aromatic carbocycles. The molecule has 0 aliphatic rings. The SMILES string of the molecule is CCOC(=O)CCC(=O)COc1cc([N+](=O)[O-])ccc1Cl. The van der Waals surface area contributed by atoms with Crippen molar-refractivity contribution in [2.24, 2.45) is 0 Å². The molecule has 8 heteroatoms. The molecule has 0 saturated carbocycles. The molecule has 0 aliphatic heterocycles. The smallest absolute Gasteiger partial charge is 0.306 e. The summed E-state index contributed by atoms with van der Waals surface area (Å²) in [6.07, 6.45) is -0.0515. The minimum absolute atomic E-state index is 0.0224. The lowest BCUT2D eigenvalue weighted by Crippen LogP contribution is -2.14. The molecule has 7 nitrogen and oxygen atoms in total. The fourth-order valence-electron chi connectivity index (χ4n) is 1.42. The largest absolute Gasteiger partial charge is 0.484 e. The minimum atomic E-state index is -0.592. The van der Waals surface area contributed by atoms with Gasteiger partial charge in [-0.2, -0.15) is 0 Å². The molecule has 0 saturated heterocycles. The third kappa shape index (κ3) is 5.78. The average Bonchev–Trinajstić information content (AvgIpc) is 2.44. The standard InChI is InChI=1S/C13H14ClNO6/c1-2-20-13(17)6-4-10(16)8-21-12-7-9(15(18)19)3-5-11(12)14/h3,5,7H,2,4,6,8H2,1H3. The van der Waals surface area contributed by atoms with Crippen molar-refractivity contribution in [3.63, 3.8) is 0 Å². The minimum Gasteiger partial charge on any atom is -0.484 e. The second-order valence-corrected chi connectivity index (χ2v) is 4.41. The van der Waals surface area contributed by atoms with Crippen molar-refractivity contribution in [3.05, 3.63) is 33.3 Å². The molecular formula is C13H14ClNO6. The van der Waals surface area contributed by atoms with Gasteiger partial charge >= 0.3 is 5.97 Å². The number of benzene rings is 1. The van der Waals surface area contributed by atoms with E-state index < -0.39 is 10.9 Å². The molecule has 0 bridgehead atoms. The molecule has 0 fully saturated rings. The van der Waals surface area contributed by atoms with Crippen LogP contribution in [-0.4, -0.2) is 29.9 Å². The lowest BCUT2D eigenvalue weighted by atomic mass is 10.2. The number of Topliss-reactive ketones (excluding diaryl/α,β-unsaturated/α-hetero) is 1. The third-order valence-corrected chi connectivity index (χ3v) is 2.74. The van der Waals surface area contributed by atoms with Crippen molar-refractivity contribution in [2.45, 2.75) is 19.8 Å². The Morgan fingerprint density at radius 2 is 2.05 bits per heavy atom. The predicted molar refractivity (Wildman–Crippen MR) is 74.5 cm³/mol. The van der Waals surface area contributed by atoms with Crippen LogP contribution >= 0.6 is 11.6 Å². The topological polar surface area (TPSA) is 95.7 Å². The highest BCUT2D eigenvalue weighted by Crippen LogP contribution is 2.28. The Balaban J connectivity index is 2.51. The van der Waals surface area contributed by atoms with Crippen molar-refractivity contribution >= 4 is 29.0 Å². The van der Waals surface area contributed by atoms with Gasteiger partial charge in [0.25, 0.3) is 5.69 Å². The highest BCUT2D eigenvalue weighted by Gasteiger charge is 2.13. The highest BCUT2D eigenvalue weighted by molar-refractivity contribution is 6.32. The van der Waals surface area contributed by atoms with Crippen LogP contribution in [-0.2, 0) is 14.3 Å². The van der Waals surface area contributed by atoms with Crippen LogP contribution in [0.5, 0.6) is 5.75 Å². The van der Waals surface area contributed by atoms with E-state index in [4.69, 9.17) is 16.3 Å². The van der Waals surface area contributed by atoms with Gasteiger partial charge < -0.3 is 9.47 Å². The Kier molecular flexibility index (Phi) is 6.61. The normalized spacial score (nSPS) is 10.0. The van der Waals surface area contributed by atoms with E-state index in [1.165, 1.54) is 12.1 Å². The van der Waals surface area contributed by atoms with Crippen molar-refractivity contribution in [3.8, 4) is 5.75 Å². The van der Waals surface area contributed by atoms with E-state index in [9.17, 15) is 19.7 Å². The number of ketones is 1. The van der Waals surface area contributed by atoms with Gasteiger partial charge in [-0.3, -0.25) is 19.7 Å².